The fraction of sp³-hybridized carbons (Fsp3) is 0.111. The number of ether oxygens (including phenoxy) is 1. The van der Waals surface area contributed by atoms with Crippen LogP contribution < -0.4 is 4.74 Å². The van der Waals surface area contributed by atoms with Crippen LogP contribution in [0.25, 0.3) is 11.0 Å². The zero-order chi connectivity index (χ0) is 8.55. The predicted octanol–water partition coefficient (Wildman–Crippen LogP) is 3.09. The standard InChI is InChI=1S/C9H7ClO2/c1-11-8-3-2-7-6(9(8)10)4-5-12-7/h2-5H,1H3. The predicted molar refractivity (Wildman–Crippen MR) is 47.8 cm³/mol. The minimum Gasteiger partial charge on any atom is -0.495 e. The second-order valence-corrected chi connectivity index (χ2v) is 2.79. The maximum atomic E-state index is 6.00. The van der Waals surface area contributed by atoms with Crippen LogP contribution in [0.5, 0.6) is 5.75 Å². The van der Waals surface area contributed by atoms with Gasteiger partial charge in [0.05, 0.1) is 18.4 Å². The summed E-state index contributed by atoms with van der Waals surface area (Å²) in [5.74, 6) is 0.672. The summed E-state index contributed by atoms with van der Waals surface area (Å²) in [6, 6.07) is 5.44. The van der Waals surface area contributed by atoms with E-state index in [9.17, 15) is 0 Å². The Morgan fingerprint density at radius 1 is 1.33 bits per heavy atom. The van der Waals surface area contributed by atoms with Gasteiger partial charge in [-0.25, -0.2) is 0 Å². The van der Waals surface area contributed by atoms with Crippen molar-refractivity contribution in [3.8, 4) is 5.75 Å². The quantitative estimate of drug-likeness (QED) is 0.676. The maximum Gasteiger partial charge on any atom is 0.138 e. The van der Waals surface area contributed by atoms with Gasteiger partial charge in [-0.05, 0) is 18.2 Å². The molecule has 2 nitrogen and oxygen atoms in total. The summed E-state index contributed by atoms with van der Waals surface area (Å²) in [5, 5.41) is 1.49. The van der Waals surface area contributed by atoms with E-state index in [1.54, 1.807) is 19.4 Å². The molecule has 0 amide bonds. The van der Waals surface area contributed by atoms with Crippen molar-refractivity contribution in [1.82, 2.24) is 0 Å². The summed E-state index contributed by atoms with van der Waals surface area (Å²) in [7, 11) is 1.59. The molecule has 1 aromatic carbocycles. The zero-order valence-corrected chi connectivity index (χ0v) is 7.26. The van der Waals surface area contributed by atoms with Crippen molar-refractivity contribution in [1.29, 1.82) is 0 Å². The number of hydrogen-bond donors (Lipinski definition) is 0. The van der Waals surface area contributed by atoms with Gasteiger partial charge in [0.1, 0.15) is 11.3 Å². The highest BCUT2D eigenvalue weighted by Gasteiger charge is 2.06. The Morgan fingerprint density at radius 3 is 2.92 bits per heavy atom. The monoisotopic (exact) mass is 182 g/mol. The number of halogens is 1. The van der Waals surface area contributed by atoms with Gasteiger partial charge in [0, 0.05) is 5.39 Å². The Bertz CT molecular complexity index is 406. The van der Waals surface area contributed by atoms with Crippen LogP contribution in [-0.2, 0) is 0 Å². The fourth-order valence-electron chi connectivity index (χ4n) is 1.15. The van der Waals surface area contributed by atoms with Crippen molar-refractivity contribution in [2.24, 2.45) is 0 Å². The first-order valence-corrected chi connectivity index (χ1v) is 3.90. The largest absolute Gasteiger partial charge is 0.495 e. The second-order valence-electron chi connectivity index (χ2n) is 2.41. The molecule has 12 heavy (non-hydrogen) atoms. The highest BCUT2D eigenvalue weighted by atomic mass is 35.5. The third kappa shape index (κ3) is 0.959. The first-order valence-electron chi connectivity index (χ1n) is 3.52. The smallest absolute Gasteiger partial charge is 0.138 e. The van der Waals surface area contributed by atoms with Crippen molar-refractivity contribution in [3.63, 3.8) is 0 Å². The molecule has 0 unspecified atom stereocenters. The molecule has 0 N–H and O–H groups in total. The van der Waals surface area contributed by atoms with Gasteiger partial charge < -0.3 is 9.15 Å². The Balaban J connectivity index is 2.78. The molecular weight excluding hydrogens is 176 g/mol. The Labute approximate surface area is 74.7 Å². The lowest BCUT2D eigenvalue weighted by Gasteiger charge is -2.01. The van der Waals surface area contributed by atoms with E-state index in [0.29, 0.717) is 10.8 Å². The second kappa shape index (κ2) is 2.72. The van der Waals surface area contributed by atoms with E-state index in [0.717, 1.165) is 11.0 Å². The number of benzene rings is 1. The summed E-state index contributed by atoms with van der Waals surface area (Å²) >= 11 is 6.00. The van der Waals surface area contributed by atoms with E-state index in [1.165, 1.54) is 0 Å². The zero-order valence-electron chi connectivity index (χ0n) is 6.50. The molecule has 0 aliphatic rings. The lowest BCUT2D eigenvalue weighted by atomic mass is 10.2. The van der Waals surface area contributed by atoms with Crippen molar-refractivity contribution in [3.05, 3.63) is 29.5 Å². The van der Waals surface area contributed by atoms with Crippen LogP contribution in [0, 0.1) is 0 Å². The van der Waals surface area contributed by atoms with Gasteiger partial charge in [-0.2, -0.15) is 0 Å². The van der Waals surface area contributed by atoms with Gasteiger partial charge >= 0.3 is 0 Å². The number of methoxy groups -OCH3 is 1. The van der Waals surface area contributed by atoms with E-state index in [2.05, 4.69) is 0 Å². The van der Waals surface area contributed by atoms with Gasteiger partial charge in [0.15, 0.2) is 0 Å². The van der Waals surface area contributed by atoms with E-state index >= 15 is 0 Å². The summed E-state index contributed by atoms with van der Waals surface area (Å²) in [4.78, 5) is 0. The van der Waals surface area contributed by atoms with Crippen LogP contribution >= 0.6 is 11.6 Å². The van der Waals surface area contributed by atoms with Crippen LogP contribution in [0.2, 0.25) is 5.02 Å². The number of hydrogen-bond acceptors (Lipinski definition) is 2. The Morgan fingerprint density at radius 2 is 2.17 bits per heavy atom. The Hall–Kier alpha value is -1.15. The molecule has 2 rings (SSSR count). The molecule has 3 heteroatoms. The lowest BCUT2D eigenvalue weighted by Crippen LogP contribution is -1.82. The van der Waals surface area contributed by atoms with Gasteiger partial charge in [0.25, 0.3) is 0 Å². The molecule has 0 spiro atoms. The van der Waals surface area contributed by atoms with E-state index in [4.69, 9.17) is 20.8 Å². The normalized spacial score (nSPS) is 10.5. The number of rotatable bonds is 1. The molecular formula is C9H7ClO2. The first-order chi connectivity index (χ1) is 5.83. The highest BCUT2D eigenvalue weighted by molar-refractivity contribution is 6.36. The minimum absolute atomic E-state index is 0.601. The molecule has 0 radical (unpaired) electrons. The van der Waals surface area contributed by atoms with Crippen LogP contribution in [0.15, 0.2) is 28.9 Å². The SMILES string of the molecule is COc1ccc2occc2c1Cl. The van der Waals surface area contributed by atoms with Crippen molar-refractivity contribution in [2.45, 2.75) is 0 Å². The molecule has 0 atom stereocenters. The molecule has 0 saturated carbocycles. The molecule has 62 valence electrons. The summed E-state index contributed by atoms with van der Waals surface area (Å²) in [5.41, 5.74) is 0.779. The summed E-state index contributed by atoms with van der Waals surface area (Å²) < 4.78 is 10.2. The molecule has 0 bridgehead atoms. The summed E-state index contributed by atoms with van der Waals surface area (Å²) in [6.07, 6.45) is 1.61. The van der Waals surface area contributed by atoms with Gasteiger partial charge in [-0.15, -0.1) is 0 Å². The van der Waals surface area contributed by atoms with E-state index in [-0.39, 0.29) is 0 Å². The number of fused-ring (bicyclic) bond motifs is 1. The third-order valence-electron chi connectivity index (χ3n) is 1.75. The molecule has 0 saturated heterocycles. The molecule has 0 aliphatic carbocycles. The van der Waals surface area contributed by atoms with Crippen molar-refractivity contribution >= 4 is 22.6 Å². The van der Waals surface area contributed by atoms with Gasteiger partial charge in [0.2, 0.25) is 0 Å². The lowest BCUT2D eigenvalue weighted by molar-refractivity contribution is 0.415. The van der Waals surface area contributed by atoms with Crippen molar-refractivity contribution in [2.75, 3.05) is 7.11 Å². The third-order valence-corrected chi connectivity index (χ3v) is 2.14. The molecule has 2 aromatic rings. The fourth-order valence-corrected chi connectivity index (χ4v) is 1.44. The minimum atomic E-state index is 0.601. The van der Waals surface area contributed by atoms with Crippen LogP contribution in [-0.4, -0.2) is 7.11 Å². The van der Waals surface area contributed by atoms with Crippen molar-refractivity contribution < 1.29 is 9.15 Å². The molecule has 1 heterocycles. The molecule has 0 fully saturated rings. The van der Waals surface area contributed by atoms with Gasteiger partial charge in [-0.1, -0.05) is 11.6 Å². The van der Waals surface area contributed by atoms with Crippen LogP contribution in [0.3, 0.4) is 0 Å². The topological polar surface area (TPSA) is 22.4 Å². The van der Waals surface area contributed by atoms with E-state index < -0.39 is 0 Å². The average Bonchev–Trinajstić information content (AvgIpc) is 2.53. The maximum absolute atomic E-state index is 6.00. The number of furan rings is 1. The average molecular weight is 183 g/mol. The highest BCUT2D eigenvalue weighted by Crippen LogP contribution is 2.32. The molecule has 1 aromatic heterocycles. The molecule has 0 aliphatic heterocycles. The van der Waals surface area contributed by atoms with E-state index in [1.807, 2.05) is 12.1 Å². The summed E-state index contributed by atoms with van der Waals surface area (Å²) in [6.45, 7) is 0. The first kappa shape index (κ1) is 7.50. The van der Waals surface area contributed by atoms with Crippen LogP contribution in [0.1, 0.15) is 0 Å². The van der Waals surface area contributed by atoms with Gasteiger partial charge in [-0.3, -0.25) is 0 Å². The Kier molecular flexibility index (Phi) is 1.70. The van der Waals surface area contributed by atoms with Crippen LogP contribution in [0.4, 0.5) is 0 Å².